The summed E-state index contributed by atoms with van der Waals surface area (Å²) in [6, 6.07) is 0. The molecular formula is C22H34Y24-12. The molecule has 206 valence electrons. The van der Waals surface area contributed by atoms with Crippen LogP contribution in [0.5, 0.6) is 0 Å². The van der Waals surface area contributed by atoms with Gasteiger partial charge in [0.1, 0.15) is 0 Å². The summed E-state index contributed by atoms with van der Waals surface area (Å²) in [6.45, 7) is 49.5. The van der Waals surface area contributed by atoms with Crippen molar-refractivity contribution in [1.82, 2.24) is 0 Å². The fraction of sp³-hybridized carbons (Fsp3) is 0.455. The van der Waals surface area contributed by atoms with E-state index < -0.39 is 0 Å². The van der Waals surface area contributed by atoms with Crippen LogP contribution in [0.3, 0.4) is 0 Å². The van der Waals surface area contributed by atoms with Crippen LogP contribution in [0.1, 0.15) is 0 Å². The van der Waals surface area contributed by atoms with Crippen molar-refractivity contribution in [3.05, 3.63) is 83.1 Å². The first-order valence-corrected chi connectivity index (χ1v) is 7.90. The Labute approximate surface area is 896 Å². The predicted octanol–water partition coefficient (Wildman–Crippen LogP) is 5.10. The van der Waals surface area contributed by atoms with Gasteiger partial charge in [0, 0.05) is 785 Å². The van der Waals surface area contributed by atoms with E-state index in [9.17, 15) is 0 Å². The standard InChI is InChI=1S/C22H34.24Y/c1-13(2)19(14(3)4)22(20(15(5)6)16(7)8)21(17(9)10)18(11)12;;;;;;;;;;;;;;;;;;;;;;;;/h13-22H,1-12H2;;;;;;;;;;;;;;;;;;;;;;;;/q-12;;;;;;;;;;;;;;;;;;;;;;;;. The molecule has 46 heavy (non-hydrogen) atoms. The molecule has 0 heterocycles. The van der Waals surface area contributed by atoms with Crippen molar-refractivity contribution in [2.24, 2.45) is 59.2 Å². The summed E-state index contributed by atoms with van der Waals surface area (Å²) in [6.07, 6.45) is 0. The van der Waals surface area contributed by atoms with Crippen molar-refractivity contribution in [2.45, 2.75) is 0 Å². The first-order valence-electron chi connectivity index (χ1n) is 7.90. The van der Waals surface area contributed by atoms with Crippen LogP contribution in [0.2, 0.25) is 0 Å². The summed E-state index contributed by atoms with van der Waals surface area (Å²) in [5.41, 5.74) is 0. The Hall–Kier alpha value is 26.5. The first-order chi connectivity index (χ1) is 9.93. The van der Waals surface area contributed by atoms with Gasteiger partial charge in [0.2, 0.25) is 0 Å². The molecular weight excluding hydrogens is 2400 g/mol. The molecule has 0 aliphatic rings. The van der Waals surface area contributed by atoms with Crippen molar-refractivity contribution < 1.29 is 785 Å². The van der Waals surface area contributed by atoms with Crippen LogP contribution in [0.15, 0.2) is 0 Å². The average molecular weight is 2430 g/mol. The van der Waals surface area contributed by atoms with Crippen molar-refractivity contribution in [3.63, 3.8) is 0 Å². The van der Waals surface area contributed by atoms with Crippen LogP contribution in [0, 0.1) is 142 Å². The van der Waals surface area contributed by atoms with Gasteiger partial charge < -0.3 is 119 Å². The summed E-state index contributed by atoms with van der Waals surface area (Å²) in [5.74, 6) is -0.211. The fourth-order valence-electron chi connectivity index (χ4n) is 3.81. The van der Waals surface area contributed by atoms with Crippen LogP contribution in [-0.4, -0.2) is 0 Å². The van der Waals surface area contributed by atoms with E-state index in [0.717, 1.165) is 0 Å². The van der Waals surface area contributed by atoms with Crippen molar-refractivity contribution in [3.8, 4) is 0 Å². The monoisotopic (exact) mass is 2430 g/mol. The summed E-state index contributed by atoms with van der Waals surface area (Å²) in [4.78, 5) is 0. The van der Waals surface area contributed by atoms with Gasteiger partial charge in [0.05, 0.1) is 0 Å². The topological polar surface area (TPSA) is 0 Å². The maximum Gasteiger partial charge on any atom is 0 e. The average Bonchev–Trinajstić information content (AvgIpc) is 2.24. The Morgan fingerprint density at radius 2 is 0.196 bits per heavy atom. The van der Waals surface area contributed by atoms with Crippen molar-refractivity contribution in [2.75, 3.05) is 0 Å². The summed E-state index contributed by atoms with van der Waals surface area (Å²) in [5, 5.41) is 0. The van der Waals surface area contributed by atoms with Gasteiger partial charge in [-0.25, -0.2) is 0 Å². The molecule has 0 rings (SSSR count). The minimum Gasteiger partial charge on any atom is -0.369 e. The maximum atomic E-state index is 4.13. The Kier molecular flexibility index (Phi) is 398. The molecule has 0 spiro atoms. The second-order valence-corrected chi connectivity index (χ2v) is 6.87. The van der Waals surface area contributed by atoms with E-state index in [1.54, 1.807) is 0 Å². The molecule has 0 fully saturated rings. The van der Waals surface area contributed by atoms with Crippen LogP contribution in [0.4, 0.5) is 0 Å². The SMILES string of the molecule is [CH2-]C([CH2-])C(C([CH2-])[CH2-])C(C(C([CH2-])[CH2-])C([CH2-])[CH2-])C(C([CH2-])[CH2-])C([CH2-])[CH2-].[Y].[Y].[Y].[Y].[Y].[Y].[Y].[Y].[Y].[Y].[Y].[Y].[Y].[Y].[Y].[Y].[Y].[Y].[Y].[Y].[Y].[Y].[Y].[Y]. The molecule has 0 aromatic rings. The van der Waals surface area contributed by atoms with Crippen LogP contribution in [-0.2, 0) is 785 Å². The van der Waals surface area contributed by atoms with E-state index in [1.807, 2.05) is 0 Å². The molecule has 0 aromatic heterocycles. The second-order valence-electron chi connectivity index (χ2n) is 6.87. The number of hydrogen-bond donors (Lipinski definition) is 0. The predicted molar refractivity (Wildman–Crippen MR) is 99.2 cm³/mol. The normalized spacial score (nSPS) is 6.65. The van der Waals surface area contributed by atoms with Gasteiger partial charge in [0.25, 0.3) is 0 Å². The third kappa shape index (κ3) is 87.2. The smallest absolute Gasteiger partial charge is 0 e. The molecule has 0 atom stereocenters. The van der Waals surface area contributed by atoms with Crippen LogP contribution >= 0.6 is 0 Å². The van der Waals surface area contributed by atoms with E-state index in [1.165, 1.54) is 0 Å². The van der Waals surface area contributed by atoms with Crippen molar-refractivity contribution in [1.29, 1.82) is 0 Å². The molecule has 0 bridgehead atoms. The number of hydrogen-bond acceptors (Lipinski definition) is 0. The third-order valence-electron chi connectivity index (χ3n) is 4.60. The molecule has 0 unspecified atom stereocenters. The number of rotatable bonds is 9. The quantitative estimate of drug-likeness (QED) is 0.283. The fourth-order valence-corrected chi connectivity index (χ4v) is 3.81. The second kappa shape index (κ2) is 111. The summed E-state index contributed by atoms with van der Waals surface area (Å²) < 4.78 is 0. The van der Waals surface area contributed by atoms with E-state index in [-0.39, 0.29) is 844 Å². The van der Waals surface area contributed by atoms with Gasteiger partial charge in [-0.15, -0.1) is 17.8 Å². The van der Waals surface area contributed by atoms with E-state index >= 15 is 0 Å². The molecule has 24 heteroatoms. The molecule has 0 amide bonds. The zero-order chi connectivity index (χ0) is 17.8. The van der Waals surface area contributed by atoms with Gasteiger partial charge in [-0.2, -0.15) is 0 Å². The Morgan fingerprint density at radius 3 is 0.239 bits per heavy atom. The van der Waals surface area contributed by atoms with Crippen LogP contribution in [0.25, 0.3) is 0 Å². The first kappa shape index (κ1) is 164. The minimum atomic E-state index is -0.0787. The summed E-state index contributed by atoms with van der Waals surface area (Å²) in [7, 11) is 0. The van der Waals surface area contributed by atoms with Gasteiger partial charge in [-0.1, -0.05) is 5.92 Å². The third-order valence-corrected chi connectivity index (χ3v) is 4.60. The summed E-state index contributed by atoms with van der Waals surface area (Å²) >= 11 is 0. The molecule has 24 radical (unpaired) electrons. The maximum absolute atomic E-state index is 4.13. The minimum absolute atomic E-state index is 0. The van der Waals surface area contributed by atoms with Gasteiger partial charge in [-0.3, -0.25) is 0 Å². The van der Waals surface area contributed by atoms with Crippen LogP contribution < -0.4 is 0 Å². The molecule has 0 saturated carbocycles. The van der Waals surface area contributed by atoms with E-state index in [2.05, 4.69) is 83.1 Å². The molecule has 0 aliphatic carbocycles. The zero-order valence-corrected chi connectivity index (χ0v) is 96.2. The molecule has 0 aliphatic heterocycles. The Balaban J connectivity index is -0.00000000799. The molecule has 0 aromatic carbocycles. The van der Waals surface area contributed by atoms with Crippen molar-refractivity contribution >= 4 is 0 Å². The Morgan fingerprint density at radius 1 is 0.130 bits per heavy atom. The van der Waals surface area contributed by atoms with Gasteiger partial charge >= 0.3 is 0 Å². The van der Waals surface area contributed by atoms with E-state index in [4.69, 9.17) is 0 Å². The molecule has 0 saturated heterocycles. The van der Waals surface area contributed by atoms with Gasteiger partial charge in [0.15, 0.2) is 0 Å². The zero-order valence-electron chi connectivity index (χ0n) is 28.1. The largest absolute Gasteiger partial charge is 0.369 e. The Bertz CT molecular complexity index is 257. The van der Waals surface area contributed by atoms with E-state index in [0.29, 0.717) is 0 Å². The molecule has 0 nitrogen and oxygen atoms in total. The van der Waals surface area contributed by atoms with Gasteiger partial charge in [-0.05, 0) is 0 Å². The molecule has 0 N–H and O–H groups in total.